The second-order valence-corrected chi connectivity index (χ2v) is 12.0. The first kappa shape index (κ1) is 24.6. The highest BCUT2D eigenvalue weighted by molar-refractivity contribution is 6.01. The Morgan fingerprint density at radius 1 is 1.03 bits per heavy atom. The number of hydrogen-bond donors (Lipinski definition) is 0. The van der Waals surface area contributed by atoms with Crippen LogP contribution in [-0.2, 0) is 14.2 Å². The minimum Gasteiger partial charge on any atom is -0.465 e. The summed E-state index contributed by atoms with van der Waals surface area (Å²) in [6.07, 6.45) is 13.5. The minimum absolute atomic E-state index is 0.0181. The molecule has 4 fully saturated rings. The summed E-state index contributed by atoms with van der Waals surface area (Å²) >= 11 is 0. The highest BCUT2D eigenvalue weighted by Gasteiger charge is 2.59. The van der Waals surface area contributed by atoms with E-state index in [1.807, 2.05) is 12.1 Å². The van der Waals surface area contributed by atoms with Crippen molar-refractivity contribution in [1.29, 1.82) is 0 Å². The van der Waals surface area contributed by atoms with Crippen LogP contribution in [-0.4, -0.2) is 37.7 Å². The Hall–Kier alpha value is -1.69. The molecule has 5 nitrogen and oxygen atoms in total. The number of rotatable bonds is 6. The molecular formula is C31H42O5. The molecule has 0 radical (unpaired) electrons. The molecule has 2 unspecified atom stereocenters. The van der Waals surface area contributed by atoms with E-state index in [1.165, 1.54) is 12.0 Å². The van der Waals surface area contributed by atoms with Gasteiger partial charge in [0.25, 0.3) is 0 Å². The normalized spacial score (nSPS) is 40.1. The van der Waals surface area contributed by atoms with Crippen molar-refractivity contribution in [1.82, 2.24) is 0 Å². The number of fused-ring (bicyclic) bond motifs is 5. The van der Waals surface area contributed by atoms with Gasteiger partial charge in [-0.2, -0.15) is 0 Å². The summed E-state index contributed by atoms with van der Waals surface area (Å²) in [7, 11) is 0. The topological polar surface area (TPSA) is 54.0 Å². The third-order valence-corrected chi connectivity index (χ3v) is 10.0. The quantitative estimate of drug-likeness (QED) is 0.407. The zero-order valence-electron chi connectivity index (χ0n) is 21.8. The average molecular weight is 495 g/mol. The summed E-state index contributed by atoms with van der Waals surface area (Å²) in [5.74, 6) is 2.24. The van der Waals surface area contributed by atoms with Crippen molar-refractivity contribution >= 4 is 5.78 Å². The van der Waals surface area contributed by atoms with Crippen molar-refractivity contribution < 1.29 is 23.7 Å². The average Bonchev–Trinajstić information content (AvgIpc) is 3.23. The zero-order chi connectivity index (χ0) is 24.7. The van der Waals surface area contributed by atoms with Crippen LogP contribution in [0.2, 0.25) is 0 Å². The van der Waals surface area contributed by atoms with Crippen LogP contribution in [0.15, 0.2) is 30.9 Å². The van der Waals surface area contributed by atoms with Gasteiger partial charge >= 0.3 is 0 Å². The van der Waals surface area contributed by atoms with E-state index in [-0.39, 0.29) is 35.8 Å². The third-order valence-electron chi connectivity index (χ3n) is 10.0. The Morgan fingerprint density at radius 2 is 1.81 bits per heavy atom. The predicted octanol–water partition coefficient (Wildman–Crippen LogP) is 6.80. The van der Waals surface area contributed by atoms with Gasteiger partial charge in [0.1, 0.15) is 5.75 Å². The molecule has 5 heteroatoms. The molecule has 5 aliphatic rings. The highest BCUT2D eigenvalue weighted by atomic mass is 16.7. The van der Waals surface area contributed by atoms with Gasteiger partial charge < -0.3 is 18.9 Å². The number of Topliss-reactive ketones (excluding diaryl/α,β-unsaturated/α-hetero) is 1. The van der Waals surface area contributed by atoms with Gasteiger partial charge in [0.15, 0.2) is 18.4 Å². The monoisotopic (exact) mass is 494 g/mol. The molecule has 6 rings (SSSR count). The summed E-state index contributed by atoms with van der Waals surface area (Å²) in [5.41, 5.74) is 2.19. The minimum atomic E-state index is -0.203. The molecule has 2 saturated carbocycles. The van der Waals surface area contributed by atoms with Gasteiger partial charge in [-0.15, -0.1) is 6.58 Å². The van der Waals surface area contributed by atoms with Crippen molar-refractivity contribution in [2.75, 3.05) is 13.2 Å². The standard InChI is InChI=1S/C31H42O5/c1-3-8-23-29-22(15-16-31(2)25(29)13-14-26(31)36-28-10-5-7-18-34-28)21-12-11-20(19-24(21)30(23)32)35-27-9-4-6-17-33-27/h3,11-12,19,22-23,25-29H,1,4-10,13-18H2,2H3/t22-,23+,25+,26+,27?,28?,29+,31+/m1/s1. The smallest absolute Gasteiger partial charge is 0.199 e. The van der Waals surface area contributed by atoms with Crippen LogP contribution in [0.3, 0.4) is 0 Å². The summed E-state index contributed by atoms with van der Waals surface area (Å²) in [6, 6.07) is 6.23. The Morgan fingerprint density at radius 3 is 2.53 bits per heavy atom. The van der Waals surface area contributed by atoms with Gasteiger partial charge in [-0.3, -0.25) is 4.79 Å². The number of benzene rings is 1. The van der Waals surface area contributed by atoms with Gasteiger partial charge in [-0.25, -0.2) is 0 Å². The number of ether oxygens (including phenoxy) is 4. The SMILES string of the molecule is C=CC[C@@H]1C(=O)c2cc(OC3CCCCO3)ccc2[C@H]2CC[C@]3(C)[C@@H](OC4CCCCO4)CC[C@H]3[C@H]12. The molecule has 0 amide bonds. The van der Waals surface area contributed by atoms with E-state index in [9.17, 15) is 4.79 Å². The Labute approximate surface area is 215 Å². The van der Waals surface area contributed by atoms with E-state index >= 15 is 0 Å². The number of hydrogen-bond acceptors (Lipinski definition) is 5. The van der Waals surface area contributed by atoms with Crippen LogP contribution in [0.4, 0.5) is 0 Å². The zero-order valence-corrected chi connectivity index (χ0v) is 21.8. The van der Waals surface area contributed by atoms with Crippen molar-refractivity contribution in [3.8, 4) is 5.75 Å². The molecule has 0 spiro atoms. The van der Waals surface area contributed by atoms with Crippen LogP contribution in [0.25, 0.3) is 0 Å². The first-order valence-electron chi connectivity index (χ1n) is 14.4. The second kappa shape index (κ2) is 10.2. The molecule has 0 aromatic heterocycles. The molecule has 2 saturated heterocycles. The Kier molecular flexibility index (Phi) is 7.00. The maximum atomic E-state index is 14.0. The number of ketones is 1. The molecule has 196 valence electrons. The Balaban J connectivity index is 1.27. The molecule has 3 aliphatic carbocycles. The van der Waals surface area contributed by atoms with E-state index < -0.39 is 0 Å². The van der Waals surface area contributed by atoms with Gasteiger partial charge in [0.05, 0.1) is 12.7 Å². The molecule has 36 heavy (non-hydrogen) atoms. The summed E-state index contributed by atoms with van der Waals surface area (Å²) in [6.45, 7) is 8.03. The fourth-order valence-corrected chi connectivity index (χ4v) is 8.22. The van der Waals surface area contributed by atoms with Gasteiger partial charge in [0, 0.05) is 24.5 Å². The van der Waals surface area contributed by atoms with Crippen molar-refractivity contribution in [2.45, 2.75) is 102 Å². The maximum Gasteiger partial charge on any atom is 0.199 e. The number of allylic oxidation sites excluding steroid dienone is 1. The van der Waals surface area contributed by atoms with Gasteiger partial charge in [-0.05, 0) is 105 Å². The molecule has 1 aromatic rings. The Bertz CT molecular complexity index is 962. The molecule has 1 aromatic carbocycles. The molecule has 2 aliphatic heterocycles. The van der Waals surface area contributed by atoms with Gasteiger partial charge in [-0.1, -0.05) is 19.1 Å². The molecule has 8 atom stereocenters. The lowest BCUT2D eigenvalue weighted by Gasteiger charge is -2.53. The summed E-state index contributed by atoms with van der Waals surface area (Å²) in [4.78, 5) is 14.0. The van der Waals surface area contributed by atoms with E-state index in [4.69, 9.17) is 18.9 Å². The fraction of sp³-hybridized carbons (Fsp3) is 0.710. The van der Waals surface area contributed by atoms with Crippen LogP contribution >= 0.6 is 0 Å². The molecule has 0 N–H and O–H groups in total. The van der Waals surface area contributed by atoms with Crippen LogP contribution < -0.4 is 4.74 Å². The predicted molar refractivity (Wildman–Crippen MR) is 138 cm³/mol. The van der Waals surface area contributed by atoms with Crippen molar-refractivity contribution in [2.24, 2.45) is 23.2 Å². The fourth-order valence-electron chi connectivity index (χ4n) is 8.22. The van der Waals surface area contributed by atoms with E-state index in [2.05, 4.69) is 25.6 Å². The van der Waals surface area contributed by atoms with Crippen LogP contribution in [0.5, 0.6) is 5.75 Å². The lowest BCUT2D eigenvalue weighted by atomic mass is 9.52. The number of carbonyl (C=O) groups is 1. The van der Waals surface area contributed by atoms with E-state index in [1.54, 1.807) is 0 Å². The largest absolute Gasteiger partial charge is 0.465 e. The van der Waals surface area contributed by atoms with E-state index in [0.717, 1.165) is 88.7 Å². The van der Waals surface area contributed by atoms with Crippen molar-refractivity contribution in [3.63, 3.8) is 0 Å². The maximum absolute atomic E-state index is 14.0. The first-order chi connectivity index (χ1) is 17.6. The molecular weight excluding hydrogens is 452 g/mol. The lowest BCUT2D eigenvalue weighted by molar-refractivity contribution is -0.213. The highest BCUT2D eigenvalue weighted by Crippen LogP contribution is 2.63. The second-order valence-electron chi connectivity index (χ2n) is 12.0. The van der Waals surface area contributed by atoms with E-state index in [0.29, 0.717) is 17.8 Å². The molecule has 0 bridgehead atoms. The summed E-state index contributed by atoms with van der Waals surface area (Å²) < 4.78 is 24.5. The van der Waals surface area contributed by atoms with Crippen LogP contribution in [0, 0.1) is 23.2 Å². The molecule has 2 heterocycles. The van der Waals surface area contributed by atoms with Crippen molar-refractivity contribution in [3.05, 3.63) is 42.0 Å². The van der Waals surface area contributed by atoms with Crippen LogP contribution in [0.1, 0.15) is 99.4 Å². The summed E-state index contributed by atoms with van der Waals surface area (Å²) in [5, 5.41) is 0. The third kappa shape index (κ3) is 4.35. The van der Waals surface area contributed by atoms with Gasteiger partial charge in [0.2, 0.25) is 0 Å². The first-order valence-corrected chi connectivity index (χ1v) is 14.4. The number of carbonyl (C=O) groups excluding carboxylic acids is 1. The lowest BCUT2D eigenvalue weighted by Crippen LogP contribution is -2.50.